The Morgan fingerprint density at radius 2 is 1.19 bits per heavy atom. The minimum atomic E-state index is 1.13. The van der Waals surface area contributed by atoms with E-state index in [1.807, 2.05) is 0 Å². The minimum absolute atomic E-state index is 1.13. The topological polar surface area (TPSA) is 0 Å². The maximum Gasteiger partial charge on any atom is -0.00133 e. The van der Waals surface area contributed by atoms with Crippen molar-refractivity contribution in [1.29, 1.82) is 0 Å². The molecule has 0 unspecified atom stereocenters. The van der Waals surface area contributed by atoms with Gasteiger partial charge in [-0.1, -0.05) is 63.1 Å². The van der Waals surface area contributed by atoms with Crippen molar-refractivity contribution in [2.24, 2.45) is 0 Å². The van der Waals surface area contributed by atoms with Gasteiger partial charge >= 0.3 is 0 Å². The summed E-state index contributed by atoms with van der Waals surface area (Å²) in [5.41, 5.74) is 9.02. The summed E-state index contributed by atoms with van der Waals surface area (Å²) in [5, 5.41) is 0. The van der Waals surface area contributed by atoms with Gasteiger partial charge in [0.15, 0.2) is 0 Å². The predicted molar refractivity (Wildman–Crippen MR) is 91.9 cm³/mol. The van der Waals surface area contributed by atoms with Crippen molar-refractivity contribution in [2.45, 2.75) is 58.8 Å². The van der Waals surface area contributed by atoms with Crippen molar-refractivity contribution >= 4 is 0 Å². The van der Waals surface area contributed by atoms with Gasteiger partial charge in [-0.25, -0.2) is 0 Å². The van der Waals surface area contributed by atoms with Crippen LogP contribution in [0.1, 0.15) is 61.8 Å². The third-order valence-corrected chi connectivity index (χ3v) is 4.65. The van der Waals surface area contributed by atoms with Gasteiger partial charge in [-0.3, -0.25) is 0 Å². The summed E-state index contributed by atoms with van der Waals surface area (Å²) in [6.45, 7) is 4.53. The largest absolute Gasteiger partial charge is 0.0654 e. The van der Waals surface area contributed by atoms with E-state index in [2.05, 4.69) is 50.2 Å². The lowest BCUT2D eigenvalue weighted by molar-refractivity contribution is 0.794. The minimum Gasteiger partial charge on any atom is -0.0654 e. The molecule has 0 nitrogen and oxygen atoms in total. The van der Waals surface area contributed by atoms with Crippen LogP contribution in [0.3, 0.4) is 0 Å². The van der Waals surface area contributed by atoms with Crippen molar-refractivity contribution in [3.8, 4) is 11.1 Å². The second-order valence-corrected chi connectivity index (χ2v) is 6.37. The molecule has 1 aliphatic rings. The Labute approximate surface area is 129 Å². The first-order chi connectivity index (χ1) is 10.3. The molecule has 21 heavy (non-hydrogen) atoms. The Hall–Kier alpha value is -1.56. The van der Waals surface area contributed by atoms with Crippen LogP contribution < -0.4 is 0 Å². The molecule has 0 fully saturated rings. The lowest BCUT2D eigenvalue weighted by Crippen LogP contribution is -1.88. The van der Waals surface area contributed by atoms with E-state index >= 15 is 0 Å². The SMILES string of the molecule is CCCCc1ccc2c(c1)Cc1cc(CCCC)ccc1-2. The fourth-order valence-corrected chi connectivity index (χ4v) is 3.39. The number of aryl methyl sites for hydroxylation is 2. The van der Waals surface area contributed by atoms with Crippen molar-refractivity contribution < 1.29 is 0 Å². The first kappa shape index (κ1) is 14.4. The fraction of sp³-hybridized carbons (Fsp3) is 0.429. The van der Waals surface area contributed by atoms with E-state index in [1.165, 1.54) is 71.9 Å². The monoisotopic (exact) mass is 278 g/mol. The van der Waals surface area contributed by atoms with E-state index in [0.29, 0.717) is 0 Å². The van der Waals surface area contributed by atoms with Crippen LogP contribution in [0.25, 0.3) is 11.1 Å². The van der Waals surface area contributed by atoms with Gasteiger partial charge in [0.05, 0.1) is 0 Å². The Morgan fingerprint density at radius 1 is 0.714 bits per heavy atom. The summed E-state index contributed by atoms with van der Waals surface area (Å²) < 4.78 is 0. The molecule has 1 aliphatic carbocycles. The zero-order chi connectivity index (χ0) is 14.7. The van der Waals surface area contributed by atoms with E-state index in [4.69, 9.17) is 0 Å². The van der Waals surface area contributed by atoms with Crippen LogP contribution in [0.15, 0.2) is 36.4 Å². The molecule has 0 aliphatic heterocycles. The van der Waals surface area contributed by atoms with Crippen LogP contribution in [-0.4, -0.2) is 0 Å². The highest BCUT2D eigenvalue weighted by Crippen LogP contribution is 2.37. The molecule has 3 rings (SSSR count). The Bertz CT molecular complexity index is 566. The van der Waals surface area contributed by atoms with Gasteiger partial charge in [0.2, 0.25) is 0 Å². The lowest BCUT2D eigenvalue weighted by atomic mass is 9.99. The van der Waals surface area contributed by atoms with Crippen LogP contribution >= 0.6 is 0 Å². The average Bonchev–Trinajstić information content (AvgIpc) is 2.87. The second-order valence-electron chi connectivity index (χ2n) is 6.37. The van der Waals surface area contributed by atoms with Gasteiger partial charge in [-0.15, -0.1) is 0 Å². The molecule has 110 valence electrons. The number of unbranched alkanes of at least 4 members (excludes halogenated alkanes) is 2. The van der Waals surface area contributed by atoms with Crippen LogP contribution in [0, 0.1) is 0 Å². The molecule has 0 atom stereocenters. The Morgan fingerprint density at radius 3 is 1.62 bits per heavy atom. The molecule has 0 saturated carbocycles. The summed E-state index contributed by atoms with van der Waals surface area (Å²) in [7, 11) is 0. The first-order valence-electron chi connectivity index (χ1n) is 8.55. The molecule has 0 spiro atoms. The summed E-state index contributed by atoms with van der Waals surface area (Å²) in [6, 6.07) is 14.2. The standard InChI is InChI=1S/C21H26/c1-3-5-7-16-9-11-20-18(13-16)15-19-14-17(8-6-4-2)10-12-21(19)20/h9-14H,3-8,15H2,1-2H3. The predicted octanol–water partition coefficient (Wildman–Crippen LogP) is 5.94. The van der Waals surface area contributed by atoms with Gasteiger partial charge in [0.25, 0.3) is 0 Å². The van der Waals surface area contributed by atoms with Gasteiger partial charge in [0, 0.05) is 0 Å². The van der Waals surface area contributed by atoms with E-state index in [1.54, 1.807) is 0 Å². The summed E-state index contributed by atoms with van der Waals surface area (Å²) >= 11 is 0. The fourth-order valence-electron chi connectivity index (χ4n) is 3.39. The molecule has 2 aromatic carbocycles. The number of hydrogen-bond donors (Lipinski definition) is 0. The maximum atomic E-state index is 2.44. The maximum absolute atomic E-state index is 2.44. The summed E-state index contributed by atoms with van der Waals surface area (Å²) in [4.78, 5) is 0. The molecule has 0 N–H and O–H groups in total. The van der Waals surface area contributed by atoms with Crippen molar-refractivity contribution in [2.75, 3.05) is 0 Å². The summed E-state index contributed by atoms with van der Waals surface area (Å²) in [6.07, 6.45) is 8.73. The Balaban J connectivity index is 1.83. The molecule has 0 heteroatoms. The van der Waals surface area contributed by atoms with Crippen LogP contribution in [0.5, 0.6) is 0 Å². The molecule has 0 radical (unpaired) electrons. The Kier molecular flexibility index (Phi) is 4.43. The van der Waals surface area contributed by atoms with E-state index in [-0.39, 0.29) is 0 Å². The van der Waals surface area contributed by atoms with E-state index in [0.717, 1.165) is 6.42 Å². The molecular weight excluding hydrogens is 252 g/mol. The van der Waals surface area contributed by atoms with Crippen molar-refractivity contribution in [3.63, 3.8) is 0 Å². The first-order valence-corrected chi connectivity index (χ1v) is 8.55. The third-order valence-electron chi connectivity index (χ3n) is 4.65. The molecule has 0 amide bonds. The normalized spacial score (nSPS) is 12.3. The molecule has 2 aromatic rings. The number of rotatable bonds is 6. The lowest BCUT2D eigenvalue weighted by Gasteiger charge is -2.05. The number of fused-ring (bicyclic) bond motifs is 3. The molecule has 0 aromatic heterocycles. The van der Waals surface area contributed by atoms with Crippen LogP contribution in [0.2, 0.25) is 0 Å². The molecule has 0 saturated heterocycles. The van der Waals surface area contributed by atoms with Gasteiger partial charge < -0.3 is 0 Å². The molecule has 0 heterocycles. The summed E-state index contributed by atoms with van der Waals surface area (Å²) in [5.74, 6) is 0. The third kappa shape index (κ3) is 3.05. The smallest absolute Gasteiger partial charge is 0.00133 e. The van der Waals surface area contributed by atoms with Gasteiger partial charge in [-0.05, 0) is 65.5 Å². The highest BCUT2D eigenvalue weighted by molar-refractivity contribution is 5.77. The number of benzene rings is 2. The zero-order valence-corrected chi connectivity index (χ0v) is 13.4. The van der Waals surface area contributed by atoms with Crippen LogP contribution in [0.4, 0.5) is 0 Å². The highest BCUT2D eigenvalue weighted by Gasteiger charge is 2.18. The van der Waals surface area contributed by atoms with Crippen molar-refractivity contribution in [1.82, 2.24) is 0 Å². The quantitative estimate of drug-likeness (QED) is 0.523. The van der Waals surface area contributed by atoms with E-state index < -0.39 is 0 Å². The zero-order valence-electron chi connectivity index (χ0n) is 13.4. The van der Waals surface area contributed by atoms with Gasteiger partial charge in [-0.2, -0.15) is 0 Å². The molecular formula is C21H26. The van der Waals surface area contributed by atoms with Crippen LogP contribution in [-0.2, 0) is 19.3 Å². The molecule has 0 bridgehead atoms. The van der Waals surface area contributed by atoms with Crippen molar-refractivity contribution in [3.05, 3.63) is 58.7 Å². The second kappa shape index (κ2) is 6.47. The average molecular weight is 278 g/mol. The number of hydrogen-bond acceptors (Lipinski definition) is 0. The highest BCUT2D eigenvalue weighted by atomic mass is 14.2. The van der Waals surface area contributed by atoms with E-state index in [9.17, 15) is 0 Å². The van der Waals surface area contributed by atoms with Gasteiger partial charge in [0.1, 0.15) is 0 Å².